The van der Waals surface area contributed by atoms with Gasteiger partial charge in [-0.3, -0.25) is 9.59 Å². The zero-order valence-corrected chi connectivity index (χ0v) is 32.1. The van der Waals surface area contributed by atoms with Gasteiger partial charge in [0, 0.05) is 18.4 Å². The van der Waals surface area contributed by atoms with Gasteiger partial charge in [0.05, 0.1) is 54.9 Å². The number of likely N-dealkylation sites (tertiary alicyclic amines) is 2. The number of ether oxygens (including phenoxy) is 2. The lowest BCUT2D eigenvalue weighted by Gasteiger charge is -2.29. The molecule has 3 aromatic carbocycles. The number of carbonyl (C=O) groups excluding carboxylic acids is 4. The Labute approximate surface area is 321 Å². The number of nitrogens with one attached hydrogen (secondary N) is 4. The molecule has 7 rings (SSSR count). The number of aromatic amines is 2. The Bertz CT molecular complexity index is 2320. The van der Waals surface area contributed by atoms with Crippen LogP contribution < -0.4 is 10.6 Å². The number of alkyl halides is 2. The first-order valence-corrected chi connectivity index (χ1v) is 18.8. The zero-order valence-electron chi connectivity index (χ0n) is 32.1. The van der Waals surface area contributed by atoms with Gasteiger partial charge in [-0.1, -0.05) is 52.0 Å². The van der Waals surface area contributed by atoms with Crippen molar-refractivity contribution in [2.24, 2.45) is 11.8 Å². The third-order valence-electron chi connectivity index (χ3n) is 10.8. The lowest BCUT2D eigenvalue weighted by Crippen LogP contribution is -2.51. The quantitative estimate of drug-likeness (QED) is 0.130. The Morgan fingerprint density at radius 1 is 0.786 bits per heavy atom. The Kier molecular flexibility index (Phi) is 10.3. The van der Waals surface area contributed by atoms with E-state index >= 15 is 0 Å². The van der Waals surface area contributed by atoms with Gasteiger partial charge in [0.1, 0.15) is 23.7 Å². The van der Waals surface area contributed by atoms with Gasteiger partial charge in [-0.25, -0.2) is 28.3 Å². The predicted octanol–water partition coefficient (Wildman–Crippen LogP) is 6.59. The molecular formula is C40H46F2N8O6. The van der Waals surface area contributed by atoms with Crippen LogP contribution in [0.15, 0.2) is 48.5 Å². The molecule has 0 bridgehead atoms. The van der Waals surface area contributed by atoms with Gasteiger partial charge < -0.3 is 39.9 Å². The van der Waals surface area contributed by atoms with E-state index in [1.807, 2.05) is 56.3 Å². The molecule has 0 aliphatic carbocycles. The number of rotatable bonds is 9. The largest absolute Gasteiger partial charge is 0.453 e. The second kappa shape index (κ2) is 15.0. The minimum absolute atomic E-state index is 0.144. The maximum atomic E-state index is 14.9. The average molecular weight is 773 g/mol. The number of benzene rings is 3. The summed E-state index contributed by atoms with van der Waals surface area (Å²) in [7, 11) is 2.44. The summed E-state index contributed by atoms with van der Waals surface area (Å²) in [6, 6.07) is 12.6. The second-order valence-electron chi connectivity index (χ2n) is 15.3. The number of halogens is 2. The maximum Gasteiger partial charge on any atom is 0.407 e. The van der Waals surface area contributed by atoms with Crippen LogP contribution in [0.25, 0.3) is 44.0 Å². The number of alkyl carbamates (subject to hydrolysis) is 2. The summed E-state index contributed by atoms with van der Waals surface area (Å²) in [6.45, 7) is 6.95. The van der Waals surface area contributed by atoms with Crippen molar-refractivity contribution in [1.29, 1.82) is 0 Å². The van der Waals surface area contributed by atoms with Crippen LogP contribution in [0.3, 0.4) is 0 Å². The van der Waals surface area contributed by atoms with Crippen molar-refractivity contribution in [2.45, 2.75) is 77.0 Å². The maximum absolute atomic E-state index is 14.9. The molecule has 4 atom stereocenters. The molecule has 2 saturated heterocycles. The van der Waals surface area contributed by atoms with Crippen molar-refractivity contribution in [3.05, 3.63) is 60.2 Å². The number of hydrogen-bond acceptors (Lipinski definition) is 8. The molecule has 5 aromatic rings. The monoisotopic (exact) mass is 772 g/mol. The molecule has 2 aliphatic rings. The smallest absolute Gasteiger partial charge is 0.407 e. The van der Waals surface area contributed by atoms with Gasteiger partial charge in [-0.2, -0.15) is 0 Å². The summed E-state index contributed by atoms with van der Waals surface area (Å²) in [4.78, 5) is 70.4. The minimum atomic E-state index is -3.14. The van der Waals surface area contributed by atoms with Gasteiger partial charge in [0.2, 0.25) is 11.8 Å². The Hall–Kier alpha value is -5.80. The molecule has 2 aromatic heterocycles. The molecule has 0 spiro atoms. The molecule has 296 valence electrons. The SMILES string of the molecule is COC(=O)NC(C(=O)N1CC(F)(F)C[C@H]1c1nc2ccc(-c3ccc4c(ccc5[nH]c([C@@H]6CCCN6C(=O)[C@@H](NC(=O)OC)C(C)C)nc54)c3)cc2[nH]1)C(C)C. The minimum Gasteiger partial charge on any atom is -0.453 e. The highest BCUT2D eigenvalue weighted by molar-refractivity contribution is 6.05. The van der Waals surface area contributed by atoms with E-state index in [2.05, 4.69) is 36.4 Å². The highest BCUT2D eigenvalue weighted by atomic mass is 19.3. The van der Waals surface area contributed by atoms with E-state index in [4.69, 9.17) is 9.72 Å². The third-order valence-corrected chi connectivity index (χ3v) is 10.8. The van der Waals surface area contributed by atoms with Gasteiger partial charge in [-0.15, -0.1) is 0 Å². The molecule has 4 N–H and O–H groups in total. The number of fused-ring (bicyclic) bond motifs is 4. The summed E-state index contributed by atoms with van der Waals surface area (Å²) in [5.41, 5.74) is 4.58. The number of H-pyrrole nitrogens is 2. The standard InChI is InChI=1S/C40H46F2N8O6/c1-20(2)31(47-38(53)55-5)36(51)49-15-7-8-29(49)34-44-27-14-11-24-16-22(9-12-25(24)33(27)46-34)23-10-13-26-28(17-23)45-35(43-26)30-18-40(41,42)19-50(30)37(52)32(21(3)4)48-39(54)56-6/h9-14,16-17,20-21,29-32H,7-8,15,18-19H2,1-6H3,(H,43,45)(H,44,46)(H,47,53)(H,48,54)/t29-,30-,31-,32?/m0/s1. The molecule has 16 heteroatoms. The van der Waals surface area contributed by atoms with Crippen LogP contribution in [0.4, 0.5) is 18.4 Å². The Morgan fingerprint density at radius 2 is 1.39 bits per heavy atom. The van der Waals surface area contributed by atoms with Crippen molar-refractivity contribution in [3.63, 3.8) is 0 Å². The fourth-order valence-corrected chi connectivity index (χ4v) is 7.89. The zero-order chi connectivity index (χ0) is 40.1. The fraction of sp³-hybridized carbons (Fsp3) is 0.450. The molecule has 4 heterocycles. The van der Waals surface area contributed by atoms with Gasteiger partial charge in [-0.05, 0) is 65.5 Å². The van der Waals surface area contributed by atoms with Crippen LogP contribution in [-0.2, 0) is 19.1 Å². The number of imidazole rings is 2. The molecule has 0 saturated carbocycles. The number of methoxy groups -OCH3 is 2. The van der Waals surface area contributed by atoms with E-state index in [0.29, 0.717) is 23.4 Å². The first-order valence-electron chi connectivity index (χ1n) is 18.8. The van der Waals surface area contributed by atoms with E-state index < -0.39 is 55.1 Å². The lowest BCUT2D eigenvalue weighted by atomic mass is 10.0. The van der Waals surface area contributed by atoms with Crippen molar-refractivity contribution in [3.8, 4) is 11.1 Å². The van der Waals surface area contributed by atoms with E-state index in [1.165, 1.54) is 14.2 Å². The van der Waals surface area contributed by atoms with Crippen LogP contribution >= 0.6 is 0 Å². The van der Waals surface area contributed by atoms with Crippen LogP contribution in [0.2, 0.25) is 0 Å². The van der Waals surface area contributed by atoms with Crippen molar-refractivity contribution < 1.29 is 37.4 Å². The second-order valence-corrected chi connectivity index (χ2v) is 15.3. The number of aromatic nitrogens is 4. The molecule has 1 unspecified atom stereocenters. The van der Waals surface area contributed by atoms with E-state index in [0.717, 1.165) is 50.7 Å². The Morgan fingerprint density at radius 3 is 2.05 bits per heavy atom. The molecule has 0 radical (unpaired) electrons. The van der Waals surface area contributed by atoms with E-state index in [-0.39, 0.29) is 29.6 Å². The van der Waals surface area contributed by atoms with Gasteiger partial charge in [0.15, 0.2) is 0 Å². The topological polar surface area (TPSA) is 175 Å². The summed E-state index contributed by atoms with van der Waals surface area (Å²) >= 11 is 0. The fourth-order valence-electron chi connectivity index (χ4n) is 7.89. The van der Waals surface area contributed by atoms with Crippen molar-refractivity contribution in [1.82, 2.24) is 40.4 Å². The van der Waals surface area contributed by atoms with Crippen LogP contribution in [0.1, 0.15) is 70.7 Å². The van der Waals surface area contributed by atoms with Crippen LogP contribution in [0, 0.1) is 11.8 Å². The molecule has 2 fully saturated rings. The van der Waals surface area contributed by atoms with Gasteiger partial charge >= 0.3 is 12.2 Å². The number of hydrogen-bond donors (Lipinski definition) is 4. The first-order chi connectivity index (χ1) is 26.7. The first kappa shape index (κ1) is 38.5. The van der Waals surface area contributed by atoms with E-state index in [9.17, 15) is 28.0 Å². The summed E-state index contributed by atoms with van der Waals surface area (Å²) in [5.74, 6) is -3.55. The highest BCUT2D eigenvalue weighted by Gasteiger charge is 2.50. The lowest BCUT2D eigenvalue weighted by molar-refractivity contribution is -0.137. The highest BCUT2D eigenvalue weighted by Crippen LogP contribution is 2.42. The summed E-state index contributed by atoms with van der Waals surface area (Å²) < 4.78 is 39.2. The molecule has 2 aliphatic heterocycles. The van der Waals surface area contributed by atoms with Crippen LogP contribution in [-0.4, -0.2) is 99.1 Å². The molecule has 56 heavy (non-hydrogen) atoms. The van der Waals surface area contributed by atoms with Gasteiger partial charge in [0.25, 0.3) is 5.92 Å². The normalized spacial score (nSPS) is 19.2. The van der Waals surface area contributed by atoms with Crippen LogP contribution in [0.5, 0.6) is 0 Å². The van der Waals surface area contributed by atoms with E-state index in [1.54, 1.807) is 18.7 Å². The van der Waals surface area contributed by atoms with Crippen molar-refractivity contribution >= 4 is 56.8 Å². The molecular weight excluding hydrogens is 726 g/mol. The van der Waals surface area contributed by atoms with Crippen molar-refractivity contribution in [2.75, 3.05) is 27.3 Å². The number of carbonyl (C=O) groups is 4. The summed E-state index contributed by atoms with van der Waals surface area (Å²) in [6.07, 6.45) is -0.543. The molecule has 14 nitrogen and oxygen atoms in total. The number of amides is 4. The molecule has 4 amide bonds. The summed E-state index contributed by atoms with van der Waals surface area (Å²) in [5, 5.41) is 7.05. The third kappa shape index (κ3) is 7.31. The Balaban J connectivity index is 1.15. The predicted molar refractivity (Wildman–Crippen MR) is 205 cm³/mol. The number of nitrogens with zero attached hydrogens (tertiary/aromatic N) is 4. The average Bonchev–Trinajstić information content (AvgIpc) is 3.98.